The highest BCUT2D eigenvalue weighted by Gasteiger charge is 2.48. The highest BCUT2D eigenvalue weighted by Crippen LogP contribution is 2.40. The van der Waals surface area contributed by atoms with E-state index in [0.29, 0.717) is 4.57 Å². The lowest BCUT2D eigenvalue weighted by Gasteiger charge is -2.30. The number of alkyl halides is 3. The third-order valence-electron chi connectivity index (χ3n) is 4.03. The van der Waals surface area contributed by atoms with Gasteiger partial charge in [-0.2, -0.15) is 17.5 Å². The minimum atomic E-state index is -4.96. The van der Waals surface area contributed by atoms with Crippen LogP contribution >= 0.6 is 11.6 Å². The Balaban J connectivity index is 2.66. The molecule has 27 heavy (non-hydrogen) atoms. The van der Waals surface area contributed by atoms with Gasteiger partial charge in [0.05, 0.1) is 0 Å². The summed E-state index contributed by atoms with van der Waals surface area (Å²) in [7, 11) is -2.95. The molecule has 148 valence electrons. The van der Waals surface area contributed by atoms with E-state index in [1.165, 1.54) is 12.1 Å². The van der Waals surface area contributed by atoms with Crippen LogP contribution < -0.4 is 5.56 Å². The maximum absolute atomic E-state index is 14.0. The fraction of sp³-hybridized carbons (Fsp3) is 0.312. The normalized spacial score (nSPS) is 13.8. The number of benzene rings is 1. The quantitative estimate of drug-likeness (QED) is 0.704. The van der Waals surface area contributed by atoms with Crippen LogP contribution in [0.1, 0.15) is 17.2 Å². The van der Waals surface area contributed by atoms with Gasteiger partial charge in [0, 0.05) is 30.9 Å². The Morgan fingerprint density at radius 1 is 1.19 bits per heavy atom. The predicted molar refractivity (Wildman–Crippen MR) is 91.6 cm³/mol. The van der Waals surface area contributed by atoms with Gasteiger partial charge >= 0.3 is 6.18 Å². The van der Waals surface area contributed by atoms with Crippen molar-refractivity contribution < 1.29 is 26.0 Å². The van der Waals surface area contributed by atoms with E-state index in [9.17, 15) is 30.8 Å². The van der Waals surface area contributed by atoms with E-state index in [1.54, 1.807) is 0 Å². The lowest BCUT2D eigenvalue weighted by atomic mass is 10.1. The highest BCUT2D eigenvalue weighted by molar-refractivity contribution is 7.89. The largest absolute Gasteiger partial charge is 0.409 e. The van der Waals surface area contributed by atoms with Gasteiger partial charge in [-0.15, -0.1) is 0 Å². The molecular formula is C16H15ClF4N2O3S. The molecule has 5 nitrogen and oxygen atoms in total. The number of rotatable bonds is 4. The van der Waals surface area contributed by atoms with Gasteiger partial charge in [-0.05, 0) is 24.6 Å². The first kappa shape index (κ1) is 21.4. The summed E-state index contributed by atoms with van der Waals surface area (Å²) in [4.78, 5) is 10.8. The van der Waals surface area contributed by atoms with Gasteiger partial charge in [0.1, 0.15) is 10.9 Å². The summed E-state index contributed by atoms with van der Waals surface area (Å²) in [6.07, 6.45) is -4.16. The molecule has 1 atom stereocenters. The lowest BCUT2D eigenvalue weighted by Crippen LogP contribution is -2.40. The molecule has 0 bridgehead atoms. The fourth-order valence-corrected chi connectivity index (χ4v) is 4.28. The molecule has 1 aromatic heterocycles. The third-order valence-corrected chi connectivity index (χ3v) is 6.22. The number of aryl methyl sites for hydroxylation is 1. The first-order valence-electron chi connectivity index (χ1n) is 7.44. The van der Waals surface area contributed by atoms with Gasteiger partial charge in [-0.1, -0.05) is 23.7 Å². The van der Waals surface area contributed by atoms with E-state index in [4.69, 9.17) is 11.6 Å². The zero-order chi connectivity index (χ0) is 20.7. The van der Waals surface area contributed by atoms with Crippen molar-refractivity contribution in [3.05, 3.63) is 62.8 Å². The topological polar surface area (TPSA) is 59.4 Å². The molecule has 0 aliphatic carbocycles. The van der Waals surface area contributed by atoms with Crippen LogP contribution in [0.15, 0.2) is 40.2 Å². The number of nitrogens with zero attached hydrogens (tertiary/aromatic N) is 2. The molecule has 0 radical (unpaired) electrons. The average molecular weight is 427 g/mol. The Hall–Kier alpha value is -1.91. The number of hydrogen-bond acceptors (Lipinski definition) is 3. The van der Waals surface area contributed by atoms with E-state index >= 15 is 0 Å². The van der Waals surface area contributed by atoms with Gasteiger partial charge < -0.3 is 4.57 Å². The van der Waals surface area contributed by atoms with Gasteiger partial charge in [0.15, 0.2) is 5.82 Å². The Labute approximate surface area is 157 Å². The molecule has 11 heteroatoms. The molecule has 0 saturated carbocycles. The van der Waals surface area contributed by atoms with Crippen LogP contribution in [0.2, 0.25) is 5.02 Å². The van der Waals surface area contributed by atoms with Crippen molar-refractivity contribution in [2.45, 2.75) is 24.0 Å². The summed E-state index contributed by atoms with van der Waals surface area (Å²) in [6, 6.07) is 1.99. The maximum Gasteiger partial charge on any atom is 0.409 e. The van der Waals surface area contributed by atoms with Crippen molar-refractivity contribution >= 4 is 21.6 Å². The minimum absolute atomic E-state index is 0.0997. The molecule has 0 spiro atoms. The summed E-state index contributed by atoms with van der Waals surface area (Å²) in [5.74, 6) is -1.35. The highest BCUT2D eigenvalue weighted by atomic mass is 35.5. The van der Waals surface area contributed by atoms with Gasteiger partial charge in [-0.25, -0.2) is 12.8 Å². The molecule has 0 aliphatic rings. The average Bonchev–Trinajstić information content (AvgIpc) is 2.56. The molecule has 0 aliphatic heterocycles. The molecular weight excluding hydrogens is 412 g/mol. The van der Waals surface area contributed by atoms with Crippen molar-refractivity contribution in [1.82, 2.24) is 8.87 Å². The van der Waals surface area contributed by atoms with E-state index in [-0.39, 0.29) is 14.9 Å². The van der Waals surface area contributed by atoms with Crippen LogP contribution in [-0.2, 0) is 17.1 Å². The summed E-state index contributed by atoms with van der Waals surface area (Å²) in [6.45, 7) is 1.02. The fourth-order valence-electron chi connectivity index (χ4n) is 2.56. The Bertz CT molecular complexity index is 1020. The van der Waals surface area contributed by atoms with Crippen LogP contribution in [0.5, 0.6) is 0 Å². The van der Waals surface area contributed by atoms with E-state index in [2.05, 4.69) is 0 Å². The van der Waals surface area contributed by atoms with Crippen LogP contribution in [0, 0.1) is 12.7 Å². The summed E-state index contributed by atoms with van der Waals surface area (Å²) >= 11 is 5.68. The zero-order valence-electron chi connectivity index (χ0n) is 14.4. The summed E-state index contributed by atoms with van der Waals surface area (Å²) in [5.41, 5.74) is -2.00. The van der Waals surface area contributed by atoms with E-state index in [0.717, 1.165) is 39.3 Å². The van der Waals surface area contributed by atoms with Crippen LogP contribution in [-0.4, -0.2) is 30.5 Å². The second kappa shape index (κ2) is 7.25. The van der Waals surface area contributed by atoms with Crippen LogP contribution in [0.3, 0.4) is 0 Å². The molecule has 0 N–H and O–H groups in total. The van der Waals surface area contributed by atoms with Crippen molar-refractivity contribution in [2.24, 2.45) is 7.05 Å². The van der Waals surface area contributed by atoms with Crippen molar-refractivity contribution in [1.29, 1.82) is 0 Å². The number of hydrogen-bond donors (Lipinski definition) is 0. The number of sulfonamides is 1. The second-order valence-electron chi connectivity index (χ2n) is 5.87. The second-order valence-corrected chi connectivity index (χ2v) is 8.27. The monoisotopic (exact) mass is 426 g/mol. The number of aromatic nitrogens is 1. The predicted octanol–water partition coefficient (Wildman–Crippen LogP) is 3.41. The Morgan fingerprint density at radius 3 is 2.19 bits per heavy atom. The first-order chi connectivity index (χ1) is 12.3. The third kappa shape index (κ3) is 4.02. The maximum atomic E-state index is 14.0. The summed E-state index contributed by atoms with van der Waals surface area (Å²) in [5, 5.41) is 0.182. The molecule has 0 unspecified atom stereocenters. The van der Waals surface area contributed by atoms with E-state index < -0.39 is 44.1 Å². The summed E-state index contributed by atoms with van der Waals surface area (Å²) < 4.78 is 81.4. The standard InChI is InChI=1S/C16H15ClF4N2O3S/c1-9-12(8-22(2)15(24)13(9)18)27(25,26)23(3)14(16(19,20)21)10-4-6-11(17)7-5-10/h4-8,14H,1-3H3/t14-/m1/s1. The number of pyridine rings is 1. The van der Waals surface area contributed by atoms with Gasteiger partial charge in [0.25, 0.3) is 5.56 Å². The SMILES string of the molecule is Cc1c(S(=O)(=O)N(C)[C@H](c2ccc(Cl)cc2)C(F)(F)F)cn(C)c(=O)c1F. The molecule has 0 saturated heterocycles. The zero-order valence-corrected chi connectivity index (χ0v) is 16.0. The molecule has 1 aromatic carbocycles. The van der Waals surface area contributed by atoms with Crippen LogP contribution in [0.4, 0.5) is 17.6 Å². The Kier molecular flexibility index (Phi) is 5.74. The molecule has 2 rings (SSSR count). The lowest BCUT2D eigenvalue weighted by molar-refractivity contribution is -0.171. The molecule has 0 fully saturated rings. The number of halogens is 5. The van der Waals surface area contributed by atoms with Crippen molar-refractivity contribution in [3.8, 4) is 0 Å². The van der Waals surface area contributed by atoms with Gasteiger partial charge in [-0.3, -0.25) is 4.79 Å². The molecule has 1 heterocycles. The first-order valence-corrected chi connectivity index (χ1v) is 9.26. The Morgan fingerprint density at radius 2 is 1.70 bits per heavy atom. The smallest absolute Gasteiger partial charge is 0.315 e. The minimum Gasteiger partial charge on any atom is -0.315 e. The molecule has 2 aromatic rings. The van der Waals surface area contributed by atoms with Gasteiger partial charge in [0.2, 0.25) is 10.0 Å². The van der Waals surface area contributed by atoms with E-state index in [1.807, 2.05) is 0 Å². The van der Waals surface area contributed by atoms with Crippen molar-refractivity contribution in [2.75, 3.05) is 7.05 Å². The van der Waals surface area contributed by atoms with Crippen molar-refractivity contribution in [3.63, 3.8) is 0 Å². The molecule has 0 amide bonds. The van der Waals surface area contributed by atoms with Crippen LogP contribution in [0.25, 0.3) is 0 Å².